The highest BCUT2D eigenvalue weighted by Gasteiger charge is 2.11. The van der Waals surface area contributed by atoms with Gasteiger partial charge in [-0.3, -0.25) is 4.79 Å². The van der Waals surface area contributed by atoms with E-state index >= 15 is 0 Å². The molecule has 0 fully saturated rings. The van der Waals surface area contributed by atoms with Crippen LogP contribution in [0.5, 0.6) is 11.5 Å². The highest BCUT2D eigenvalue weighted by Crippen LogP contribution is 2.28. The molecule has 0 aliphatic carbocycles. The molecule has 2 rings (SSSR count). The number of carbonyl (C=O) groups excluding carboxylic acids is 2. The summed E-state index contributed by atoms with van der Waals surface area (Å²) in [6, 6.07) is 10.6. The van der Waals surface area contributed by atoms with E-state index in [-0.39, 0.29) is 23.7 Å². The van der Waals surface area contributed by atoms with E-state index in [0.29, 0.717) is 16.9 Å². The molecule has 0 bridgehead atoms. The molecule has 5 heteroatoms. The van der Waals surface area contributed by atoms with Gasteiger partial charge in [0.25, 0.3) is 0 Å². The molecule has 0 unspecified atom stereocenters. The third kappa shape index (κ3) is 4.29. The lowest BCUT2D eigenvalue weighted by Crippen LogP contribution is -2.08. The summed E-state index contributed by atoms with van der Waals surface area (Å²) < 4.78 is 24.3. The van der Waals surface area contributed by atoms with Gasteiger partial charge in [-0.05, 0) is 36.8 Å². The number of rotatable bonds is 5. The molecule has 0 spiro atoms. The van der Waals surface area contributed by atoms with Crippen LogP contribution in [-0.2, 0) is 9.59 Å². The molecule has 0 aromatic heterocycles. The Morgan fingerprint density at radius 3 is 2.21 bits per heavy atom. The molecular formula is C19H17FO4. The van der Waals surface area contributed by atoms with Crippen LogP contribution in [0, 0.1) is 5.82 Å². The first-order valence-corrected chi connectivity index (χ1v) is 7.39. The molecule has 0 radical (unpaired) electrons. The molecule has 4 nitrogen and oxygen atoms in total. The predicted molar refractivity (Wildman–Crippen MR) is 88.2 cm³/mol. The van der Waals surface area contributed by atoms with Crippen molar-refractivity contribution in [2.24, 2.45) is 0 Å². The summed E-state index contributed by atoms with van der Waals surface area (Å²) in [5.74, 6) is -0.960. The monoisotopic (exact) mass is 328 g/mol. The molecule has 2 aromatic rings. The van der Waals surface area contributed by atoms with Crippen molar-refractivity contribution in [3.63, 3.8) is 0 Å². The Morgan fingerprint density at radius 1 is 1.04 bits per heavy atom. The van der Waals surface area contributed by atoms with Crippen molar-refractivity contribution >= 4 is 11.9 Å². The van der Waals surface area contributed by atoms with Crippen molar-refractivity contribution in [1.82, 2.24) is 0 Å². The second-order valence-electron chi connectivity index (χ2n) is 5.16. The van der Waals surface area contributed by atoms with E-state index in [1.807, 2.05) is 0 Å². The minimum Gasteiger partial charge on any atom is -0.427 e. The maximum Gasteiger partial charge on any atom is 0.338 e. The fourth-order valence-corrected chi connectivity index (χ4v) is 1.89. The molecule has 0 amide bonds. The normalized spacial score (nSPS) is 10.1. The Morgan fingerprint density at radius 2 is 1.67 bits per heavy atom. The first-order chi connectivity index (χ1) is 11.4. The van der Waals surface area contributed by atoms with Crippen LogP contribution >= 0.6 is 0 Å². The molecule has 0 saturated heterocycles. The number of halogens is 1. The number of hydrogen-bond acceptors (Lipinski definition) is 4. The van der Waals surface area contributed by atoms with Crippen molar-refractivity contribution in [1.29, 1.82) is 0 Å². The second-order valence-corrected chi connectivity index (χ2v) is 5.16. The number of hydrogen-bond donors (Lipinski definition) is 0. The van der Waals surface area contributed by atoms with Gasteiger partial charge >= 0.3 is 11.9 Å². The van der Waals surface area contributed by atoms with Gasteiger partial charge in [0.2, 0.25) is 0 Å². The Kier molecular flexibility index (Phi) is 5.47. The molecular weight excluding hydrogens is 311 g/mol. The molecule has 2 aromatic carbocycles. The highest BCUT2D eigenvalue weighted by atomic mass is 19.1. The van der Waals surface area contributed by atoms with Crippen LogP contribution in [0.15, 0.2) is 54.6 Å². The second kappa shape index (κ2) is 7.55. The minimum absolute atomic E-state index is 0.109. The van der Waals surface area contributed by atoms with Crippen LogP contribution in [0.3, 0.4) is 0 Å². The summed E-state index contributed by atoms with van der Waals surface area (Å²) in [6.07, 6.45) is 0.279. The Bertz CT molecular complexity index is 778. The molecule has 0 aliphatic rings. The highest BCUT2D eigenvalue weighted by molar-refractivity contribution is 5.88. The van der Waals surface area contributed by atoms with Gasteiger partial charge in [0.05, 0.1) is 0 Å². The number of benzene rings is 2. The minimum atomic E-state index is -0.607. The van der Waals surface area contributed by atoms with E-state index in [1.54, 1.807) is 31.2 Å². The number of carbonyl (C=O) groups is 2. The van der Waals surface area contributed by atoms with Gasteiger partial charge in [0.1, 0.15) is 17.3 Å². The van der Waals surface area contributed by atoms with E-state index < -0.39 is 11.8 Å². The van der Waals surface area contributed by atoms with Gasteiger partial charge in [0.15, 0.2) is 0 Å². The smallest absolute Gasteiger partial charge is 0.338 e. The van der Waals surface area contributed by atoms with Gasteiger partial charge in [-0.1, -0.05) is 25.6 Å². The lowest BCUT2D eigenvalue weighted by molar-refractivity contribution is -0.134. The maximum absolute atomic E-state index is 14.3. The van der Waals surface area contributed by atoms with Crippen molar-refractivity contribution in [3.8, 4) is 22.6 Å². The van der Waals surface area contributed by atoms with Gasteiger partial charge in [-0.15, -0.1) is 0 Å². The van der Waals surface area contributed by atoms with Crippen LogP contribution in [0.25, 0.3) is 11.1 Å². The number of esters is 2. The number of ether oxygens (including phenoxy) is 2. The summed E-state index contributed by atoms with van der Waals surface area (Å²) in [5, 5.41) is 0. The summed E-state index contributed by atoms with van der Waals surface area (Å²) >= 11 is 0. The Hall–Kier alpha value is -2.95. The summed E-state index contributed by atoms with van der Waals surface area (Å²) in [4.78, 5) is 22.7. The van der Waals surface area contributed by atoms with Crippen LogP contribution in [0.2, 0.25) is 0 Å². The zero-order valence-corrected chi connectivity index (χ0v) is 13.5. The van der Waals surface area contributed by atoms with Crippen molar-refractivity contribution in [2.45, 2.75) is 20.3 Å². The zero-order valence-electron chi connectivity index (χ0n) is 13.5. The molecule has 0 atom stereocenters. The Labute approximate surface area is 139 Å². The van der Waals surface area contributed by atoms with E-state index in [9.17, 15) is 14.0 Å². The molecule has 124 valence electrons. The van der Waals surface area contributed by atoms with E-state index in [4.69, 9.17) is 9.47 Å². The quantitative estimate of drug-likeness (QED) is 0.467. The van der Waals surface area contributed by atoms with E-state index in [2.05, 4.69) is 6.58 Å². The Balaban J connectivity index is 2.18. The van der Waals surface area contributed by atoms with Gasteiger partial charge < -0.3 is 9.47 Å². The summed E-state index contributed by atoms with van der Waals surface area (Å²) in [7, 11) is 0. The molecule has 0 aliphatic heterocycles. The summed E-state index contributed by atoms with van der Waals surface area (Å²) in [5.41, 5.74) is 1.19. The van der Waals surface area contributed by atoms with Gasteiger partial charge in [-0.25, -0.2) is 9.18 Å². The average molecular weight is 328 g/mol. The largest absolute Gasteiger partial charge is 0.427 e. The molecule has 0 heterocycles. The van der Waals surface area contributed by atoms with Crippen LogP contribution in [-0.4, -0.2) is 11.9 Å². The van der Waals surface area contributed by atoms with E-state index in [1.165, 1.54) is 19.1 Å². The SMILES string of the molecule is C=C(C)C(=O)Oc1ccc(-c2ccc(OC(=O)CC)cc2)c(F)c1. The third-order valence-corrected chi connectivity index (χ3v) is 3.19. The van der Waals surface area contributed by atoms with E-state index in [0.717, 1.165) is 6.07 Å². The first kappa shape index (κ1) is 17.4. The summed E-state index contributed by atoms with van der Waals surface area (Å²) in [6.45, 7) is 6.69. The van der Waals surface area contributed by atoms with Crippen LogP contribution in [0.1, 0.15) is 20.3 Å². The predicted octanol–water partition coefficient (Wildman–Crippen LogP) is 4.29. The van der Waals surface area contributed by atoms with Crippen molar-refractivity contribution in [3.05, 3.63) is 60.4 Å². The fourth-order valence-electron chi connectivity index (χ4n) is 1.89. The molecule has 24 heavy (non-hydrogen) atoms. The van der Waals surface area contributed by atoms with Crippen LogP contribution in [0.4, 0.5) is 4.39 Å². The van der Waals surface area contributed by atoms with Gasteiger partial charge in [0, 0.05) is 23.6 Å². The molecule has 0 N–H and O–H groups in total. The molecule has 0 saturated carbocycles. The first-order valence-electron chi connectivity index (χ1n) is 7.39. The zero-order chi connectivity index (χ0) is 17.7. The van der Waals surface area contributed by atoms with Crippen molar-refractivity contribution in [2.75, 3.05) is 0 Å². The van der Waals surface area contributed by atoms with Gasteiger partial charge in [-0.2, -0.15) is 0 Å². The average Bonchev–Trinajstić information content (AvgIpc) is 2.55. The van der Waals surface area contributed by atoms with Crippen molar-refractivity contribution < 1.29 is 23.5 Å². The lowest BCUT2D eigenvalue weighted by atomic mass is 10.0. The van der Waals surface area contributed by atoms with Crippen LogP contribution < -0.4 is 9.47 Å². The maximum atomic E-state index is 14.3. The standard InChI is InChI=1S/C19H17FO4/c1-4-18(21)23-14-7-5-13(6-8-14)16-10-9-15(11-17(16)20)24-19(22)12(2)3/h5-11H,2,4H2,1,3H3. The lowest BCUT2D eigenvalue weighted by Gasteiger charge is -2.08. The third-order valence-electron chi connectivity index (χ3n) is 3.19. The fraction of sp³-hybridized carbons (Fsp3) is 0.158. The topological polar surface area (TPSA) is 52.6 Å².